The lowest BCUT2D eigenvalue weighted by Gasteiger charge is -2.44. The maximum Gasteiger partial charge on any atom is 0.173 e. The Kier molecular flexibility index (Phi) is 5.92. The Bertz CT molecular complexity index is 335. The number of rotatable bonds is 4. The fraction of sp³-hybridized carbons (Fsp3) is 1.00. The fourth-order valence-electron chi connectivity index (χ4n) is 3.12. The van der Waals surface area contributed by atoms with E-state index in [1.54, 1.807) is 7.05 Å². The lowest BCUT2D eigenvalue weighted by atomic mass is 9.84. The Morgan fingerprint density at radius 3 is 2.57 bits per heavy atom. The van der Waals surface area contributed by atoms with Crippen molar-refractivity contribution in [1.29, 1.82) is 0 Å². The molecule has 9 N–H and O–H groups in total. The van der Waals surface area contributed by atoms with E-state index in [0.717, 1.165) is 12.8 Å². The summed E-state index contributed by atoms with van der Waals surface area (Å²) in [5, 5.41) is 23.2. The molecule has 0 spiro atoms. The highest BCUT2D eigenvalue weighted by atomic mass is 16.7. The van der Waals surface area contributed by atoms with Crippen molar-refractivity contribution >= 4 is 0 Å². The Morgan fingerprint density at radius 2 is 1.95 bits per heavy atom. The molecule has 2 fully saturated rings. The number of nitrogens with one attached hydrogen (secondary N) is 1. The van der Waals surface area contributed by atoms with E-state index < -0.39 is 36.7 Å². The normalized spacial score (nSPS) is 48.3. The molecule has 1 saturated carbocycles. The smallest absolute Gasteiger partial charge is 0.173 e. The number of likely N-dealkylation sites (N-methyl/N-ethyl adjacent to an activating group) is 1. The van der Waals surface area contributed by atoms with Crippen molar-refractivity contribution in [2.24, 2.45) is 17.2 Å². The van der Waals surface area contributed by atoms with Gasteiger partial charge in [0.05, 0.1) is 30.4 Å². The van der Waals surface area contributed by atoms with Gasteiger partial charge in [0.1, 0.15) is 6.10 Å². The largest absolute Gasteiger partial charge is 0.391 e. The van der Waals surface area contributed by atoms with Gasteiger partial charge in [-0.15, -0.1) is 0 Å². The minimum Gasteiger partial charge on any atom is -0.391 e. The summed E-state index contributed by atoms with van der Waals surface area (Å²) in [6.45, 7) is 0.406. The van der Waals surface area contributed by atoms with Crippen molar-refractivity contribution in [3.8, 4) is 0 Å². The first-order chi connectivity index (χ1) is 9.97. The van der Waals surface area contributed by atoms with Crippen LogP contribution in [0.3, 0.4) is 0 Å². The summed E-state index contributed by atoms with van der Waals surface area (Å²) < 4.78 is 11.6. The van der Waals surface area contributed by atoms with Crippen LogP contribution in [0.1, 0.15) is 19.3 Å². The maximum absolute atomic E-state index is 10.4. The van der Waals surface area contributed by atoms with Gasteiger partial charge in [0, 0.05) is 12.6 Å². The van der Waals surface area contributed by atoms with Crippen LogP contribution in [-0.2, 0) is 9.47 Å². The van der Waals surface area contributed by atoms with Gasteiger partial charge in [0.25, 0.3) is 0 Å². The highest BCUT2D eigenvalue weighted by molar-refractivity contribution is 4.99. The molecule has 0 bridgehead atoms. The number of aliphatic hydroxyl groups excluding tert-OH is 2. The molecule has 1 heterocycles. The third-order valence-electron chi connectivity index (χ3n) is 4.44. The van der Waals surface area contributed by atoms with Gasteiger partial charge >= 0.3 is 0 Å². The molecule has 1 saturated heterocycles. The first-order valence-corrected chi connectivity index (χ1v) is 7.53. The molecule has 1 aliphatic carbocycles. The van der Waals surface area contributed by atoms with Gasteiger partial charge in [-0.1, -0.05) is 0 Å². The molecule has 2 aliphatic rings. The summed E-state index contributed by atoms with van der Waals surface area (Å²) in [5.74, 6) is 0. The van der Waals surface area contributed by atoms with Crippen LogP contribution in [0.2, 0.25) is 0 Å². The Balaban J connectivity index is 2.02. The molecule has 0 aromatic heterocycles. The van der Waals surface area contributed by atoms with Crippen LogP contribution in [0.5, 0.6) is 0 Å². The minimum absolute atomic E-state index is 0.0857. The average molecular weight is 304 g/mol. The van der Waals surface area contributed by atoms with Gasteiger partial charge in [-0.3, -0.25) is 0 Å². The van der Waals surface area contributed by atoms with E-state index in [-0.39, 0.29) is 12.1 Å². The molecular weight excluding hydrogens is 276 g/mol. The van der Waals surface area contributed by atoms with Crippen LogP contribution in [0.15, 0.2) is 0 Å². The zero-order chi connectivity index (χ0) is 15.6. The summed E-state index contributed by atoms with van der Waals surface area (Å²) in [4.78, 5) is 0. The lowest BCUT2D eigenvalue weighted by molar-refractivity contribution is -0.248. The molecule has 8 unspecified atom stereocenters. The number of hydrogen-bond acceptors (Lipinski definition) is 8. The van der Waals surface area contributed by atoms with E-state index in [1.165, 1.54) is 0 Å². The standard InChI is InChI=1S/C13H28N4O4/c1-17-10-9(18)4-8(16)12(11(10)19)21-13-7(15)3-2-6(5-14)20-13/h6-13,17-19H,2-5,14-16H2,1H3. The third-order valence-corrected chi connectivity index (χ3v) is 4.44. The molecule has 8 heteroatoms. The highest BCUT2D eigenvalue weighted by Gasteiger charge is 2.44. The van der Waals surface area contributed by atoms with Gasteiger partial charge < -0.3 is 42.2 Å². The van der Waals surface area contributed by atoms with Crippen LogP contribution >= 0.6 is 0 Å². The van der Waals surface area contributed by atoms with Crippen LogP contribution < -0.4 is 22.5 Å². The number of hydrogen-bond donors (Lipinski definition) is 6. The average Bonchev–Trinajstić information content (AvgIpc) is 2.45. The van der Waals surface area contributed by atoms with Gasteiger partial charge in [0.2, 0.25) is 0 Å². The Morgan fingerprint density at radius 1 is 1.24 bits per heavy atom. The Labute approximate surface area is 124 Å². The van der Waals surface area contributed by atoms with Crippen LogP contribution in [0, 0.1) is 0 Å². The van der Waals surface area contributed by atoms with Crippen molar-refractivity contribution < 1.29 is 19.7 Å². The summed E-state index contributed by atoms with van der Waals surface area (Å²) >= 11 is 0. The van der Waals surface area contributed by atoms with E-state index in [1.807, 2.05) is 0 Å². The summed E-state index contributed by atoms with van der Waals surface area (Å²) in [7, 11) is 1.68. The predicted octanol–water partition coefficient (Wildman–Crippen LogP) is -2.80. The number of ether oxygens (including phenoxy) is 2. The zero-order valence-corrected chi connectivity index (χ0v) is 12.4. The van der Waals surface area contributed by atoms with Gasteiger partial charge in [-0.25, -0.2) is 0 Å². The zero-order valence-electron chi connectivity index (χ0n) is 12.4. The molecule has 0 amide bonds. The van der Waals surface area contributed by atoms with E-state index in [2.05, 4.69) is 5.32 Å². The molecule has 0 radical (unpaired) electrons. The topological polar surface area (TPSA) is 149 Å². The van der Waals surface area contributed by atoms with E-state index in [4.69, 9.17) is 26.7 Å². The molecular formula is C13H28N4O4. The van der Waals surface area contributed by atoms with E-state index in [9.17, 15) is 10.2 Å². The van der Waals surface area contributed by atoms with Crippen LogP contribution in [0.25, 0.3) is 0 Å². The SMILES string of the molecule is CNC1C(O)CC(N)C(OC2OC(CN)CCC2N)C1O. The van der Waals surface area contributed by atoms with Crippen LogP contribution in [-0.4, -0.2) is 72.6 Å². The van der Waals surface area contributed by atoms with Gasteiger partial charge in [-0.05, 0) is 26.3 Å². The van der Waals surface area contributed by atoms with Crippen molar-refractivity contribution in [2.75, 3.05) is 13.6 Å². The first kappa shape index (κ1) is 17.0. The predicted molar refractivity (Wildman–Crippen MR) is 77.3 cm³/mol. The molecule has 2 rings (SSSR count). The highest BCUT2D eigenvalue weighted by Crippen LogP contribution is 2.26. The van der Waals surface area contributed by atoms with Crippen LogP contribution in [0.4, 0.5) is 0 Å². The quantitative estimate of drug-likeness (QED) is 0.326. The summed E-state index contributed by atoms with van der Waals surface area (Å²) in [6, 6.07) is -1.24. The molecule has 8 atom stereocenters. The van der Waals surface area contributed by atoms with E-state index in [0.29, 0.717) is 13.0 Å². The fourth-order valence-corrected chi connectivity index (χ4v) is 3.12. The number of aliphatic hydroxyl groups is 2. The van der Waals surface area contributed by atoms with Gasteiger partial charge in [-0.2, -0.15) is 0 Å². The maximum atomic E-state index is 10.4. The first-order valence-electron chi connectivity index (χ1n) is 7.53. The summed E-state index contributed by atoms with van der Waals surface area (Å²) in [6.07, 6.45) is -1.10. The van der Waals surface area contributed by atoms with Crippen molar-refractivity contribution in [1.82, 2.24) is 5.32 Å². The molecule has 8 nitrogen and oxygen atoms in total. The van der Waals surface area contributed by atoms with Crippen molar-refractivity contribution in [3.63, 3.8) is 0 Å². The van der Waals surface area contributed by atoms with E-state index >= 15 is 0 Å². The van der Waals surface area contributed by atoms with Crippen molar-refractivity contribution in [2.45, 2.75) is 68.1 Å². The second-order valence-corrected chi connectivity index (χ2v) is 5.98. The Hall–Kier alpha value is -0.320. The second-order valence-electron chi connectivity index (χ2n) is 5.98. The molecule has 0 aromatic rings. The van der Waals surface area contributed by atoms with Gasteiger partial charge in [0.15, 0.2) is 6.29 Å². The molecule has 1 aliphatic heterocycles. The third kappa shape index (κ3) is 3.72. The second kappa shape index (κ2) is 7.30. The monoisotopic (exact) mass is 304 g/mol. The number of nitrogens with two attached hydrogens (primary N) is 3. The minimum atomic E-state index is -0.928. The summed E-state index contributed by atoms with van der Waals surface area (Å²) in [5.41, 5.74) is 17.7. The molecule has 0 aromatic carbocycles. The molecule has 124 valence electrons. The molecule has 21 heavy (non-hydrogen) atoms. The lowest BCUT2D eigenvalue weighted by Crippen LogP contribution is -2.65. The van der Waals surface area contributed by atoms with Crippen molar-refractivity contribution in [3.05, 3.63) is 0 Å².